The monoisotopic (exact) mass is 344 g/mol. The molecule has 0 radical (unpaired) electrons. The Kier molecular flexibility index (Phi) is 5.43. The Hall–Kier alpha value is -1.69. The second-order valence-corrected chi connectivity index (χ2v) is 7.08. The molecule has 2 heterocycles. The number of aryl methyl sites for hydroxylation is 1. The first kappa shape index (κ1) is 16.2. The van der Waals surface area contributed by atoms with Gasteiger partial charge in [-0.3, -0.25) is 0 Å². The number of ether oxygens (including phenoxy) is 1. The molecule has 1 N–H and O–H groups in total. The summed E-state index contributed by atoms with van der Waals surface area (Å²) in [4.78, 5) is 4.67. The molecule has 0 saturated heterocycles. The Morgan fingerprint density at radius 2 is 2.09 bits per heavy atom. The van der Waals surface area contributed by atoms with Crippen LogP contribution in [0.5, 0.6) is 5.75 Å². The molecular weight excluding hydrogens is 324 g/mol. The van der Waals surface area contributed by atoms with Crippen LogP contribution in [0.2, 0.25) is 0 Å². The van der Waals surface area contributed by atoms with Gasteiger partial charge in [0.2, 0.25) is 0 Å². The summed E-state index contributed by atoms with van der Waals surface area (Å²) in [5.74, 6) is 0.921. The van der Waals surface area contributed by atoms with Crippen molar-refractivity contribution in [3.05, 3.63) is 68.3 Å². The van der Waals surface area contributed by atoms with E-state index in [4.69, 9.17) is 4.74 Å². The maximum Gasteiger partial charge on any atom is 0.123 e. The molecule has 1 aromatic carbocycles. The Labute approximate surface area is 145 Å². The Balaban J connectivity index is 1.75. The van der Waals surface area contributed by atoms with Gasteiger partial charge in [0.25, 0.3) is 0 Å². The van der Waals surface area contributed by atoms with Gasteiger partial charge >= 0.3 is 0 Å². The number of methoxy groups -OCH3 is 1. The smallest absolute Gasteiger partial charge is 0.123 e. The predicted octanol–water partition coefficient (Wildman–Crippen LogP) is 4.60. The third kappa shape index (κ3) is 4.19. The summed E-state index contributed by atoms with van der Waals surface area (Å²) in [6.45, 7) is 2.80. The molecule has 3 aromatic rings. The van der Waals surface area contributed by atoms with Crippen LogP contribution in [0.1, 0.15) is 27.9 Å². The average Bonchev–Trinajstić information content (AvgIpc) is 3.23. The van der Waals surface area contributed by atoms with Gasteiger partial charge in [0.1, 0.15) is 10.8 Å². The van der Waals surface area contributed by atoms with E-state index in [2.05, 4.69) is 38.6 Å². The van der Waals surface area contributed by atoms with Crippen LogP contribution in [-0.4, -0.2) is 12.1 Å². The molecule has 3 nitrogen and oxygen atoms in total. The van der Waals surface area contributed by atoms with Crippen molar-refractivity contribution in [3.8, 4) is 5.75 Å². The molecule has 1 atom stereocenters. The Bertz CT molecular complexity index is 737. The minimum absolute atomic E-state index is 0.216. The molecule has 5 heteroatoms. The van der Waals surface area contributed by atoms with Crippen LogP contribution in [0.25, 0.3) is 0 Å². The maximum atomic E-state index is 5.44. The van der Waals surface area contributed by atoms with Crippen molar-refractivity contribution in [2.75, 3.05) is 7.11 Å². The number of benzene rings is 1. The van der Waals surface area contributed by atoms with E-state index in [1.807, 2.05) is 25.1 Å². The minimum Gasteiger partial charge on any atom is -0.496 e. The van der Waals surface area contributed by atoms with E-state index in [1.165, 1.54) is 11.1 Å². The summed E-state index contributed by atoms with van der Waals surface area (Å²) in [6.07, 6.45) is 0.950. The number of nitrogens with one attached hydrogen (secondary N) is 1. The lowest BCUT2D eigenvalue weighted by atomic mass is 10.1. The zero-order valence-electron chi connectivity index (χ0n) is 13.3. The number of hydrogen-bond acceptors (Lipinski definition) is 5. The molecule has 0 saturated carbocycles. The summed E-state index contributed by atoms with van der Waals surface area (Å²) in [6, 6.07) is 10.5. The lowest BCUT2D eigenvalue weighted by Gasteiger charge is -2.17. The highest BCUT2D eigenvalue weighted by atomic mass is 32.1. The van der Waals surface area contributed by atoms with Gasteiger partial charge in [-0.25, -0.2) is 4.98 Å². The lowest BCUT2D eigenvalue weighted by molar-refractivity contribution is 0.405. The van der Waals surface area contributed by atoms with E-state index in [9.17, 15) is 0 Å². The van der Waals surface area contributed by atoms with Crippen LogP contribution in [0.15, 0.2) is 46.5 Å². The van der Waals surface area contributed by atoms with Crippen molar-refractivity contribution < 1.29 is 4.74 Å². The van der Waals surface area contributed by atoms with Crippen LogP contribution in [0.3, 0.4) is 0 Å². The molecular formula is C18H20N2OS2. The number of nitrogens with zero attached hydrogens (tertiary/aromatic N) is 1. The fourth-order valence-corrected chi connectivity index (χ4v) is 4.06. The summed E-state index contributed by atoms with van der Waals surface area (Å²) in [5, 5.41) is 11.2. The highest BCUT2D eigenvalue weighted by Crippen LogP contribution is 2.25. The number of rotatable bonds is 7. The number of hydrogen-bond donors (Lipinski definition) is 1. The third-order valence-corrected chi connectivity index (χ3v) is 5.49. The van der Waals surface area contributed by atoms with Gasteiger partial charge in [-0.15, -0.1) is 11.3 Å². The highest BCUT2D eigenvalue weighted by molar-refractivity contribution is 7.09. The topological polar surface area (TPSA) is 34.1 Å². The van der Waals surface area contributed by atoms with Crippen LogP contribution in [0, 0.1) is 6.92 Å². The van der Waals surface area contributed by atoms with Gasteiger partial charge in [-0.05, 0) is 41.8 Å². The highest BCUT2D eigenvalue weighted by Gasteiger charge is 2.16. The molecule has 0 amide bonds. The van der Waals surface area contributed by atoms with Crippen molar-refractivity contribution in [2.24, 2.45) is 0 Å². The Morgan fingerprint density at radius 3 is 2.78 bits per heavy atom. The first-order valence-electron chi connectivity index (χ1n) is 7.54. The van der Waals surface area contributed by atoms with Gasteiger partial charge in [-0.2, -0.15) is 11.3 Å². The van der Waals surface area contributed by atoms with Crippen LogP contribution in [0.4, 0.5) is 0 Å². The fourth-order valence-electron chi connectivity index (χ4n) is 2.51. The zero-order chi connectivity index (χ0) is 16.1. The van der Waals surface area contributed by atoms with E-state index in [0.29, 0.717) is 0 Å². The van der Waals surface area contributed by atoms with E-state index >= 15 is 0 Å². The summed E-state index contributed by atoms with van der Waals surface area (Å²) in [7, 11) is 1.71. The van der Waals surface area contributed by atoms with E-state index in [-0.39, 0.29) is 6.04 Å². The third-order valence-electron chi connectivity index (χ3n) is 3.69. The largest absolute Gasteiger partial charge is 0.496 e. The molecule has 0 aliphatic carbocycles. The van der Waals surface area contributed by atoms with Gasteiger partial charge < -0.3 is 10.1 Å². The summed E-state index contributed by atoms with van der Waals surface area (Å²) < 4.78 is 5.44. The minimum atomic E-state index is 0.216. The maximum absolute atomic E-state index is 5.44. The summed E-state index contributed by atoms with van der Waals surface area (Å²) in [5.41, 5.74) is 3.60. The van der Waals surface area contributed by atoms with E-state index < -0.39 is 0 Å². The number of thiazole rings is 1. The van der Waals surface area contributed by atoms with Gasteiger partial charge in [0.15, 0.2) is 0 Å². The second-order valence-electron chi connectivity index (χ2n) is 5.41. The molecule has 23 heavy (non-hydrogen) atoms. The molecule has 3 rings (SSSR count). The van der Waals surface area contributed by atoms with Gasteiger partial charge in [-0.1, -0.05) is 18.2 Å². The number of aromatic nitrogens is 1. The lowest BCUT2D eigenvalue weighted by Crippen LogP contribution is -2.23. The molecule has 120 valence electrons. The average molecular weight is 345 g/mol. The van der Waals surface area contributed by atoms with Crippen molar-refractivity contribution in [3.63, 3.8) is 0 Å². The van der Waals surface area contributed by atoms with Crippen molar-refractivity contribution in [1.29, 1.82) is 0 Å². The van der Waals surface area contributed by atoms with E-state index in [1.54, 1.807) is 29.8 Å². The molecule has 0 spiro atoms. The molecule has 0 fully saturated rings. The van der Waals surface area contributed by atoms with Crippen LogP contribution >= 0.6 is 22.7 Å². The SMILES string of the molecule is COc1ccccc1CN[C@@H](Cc1ccsc1)c1nc(C)cs1. The molecule has 0 aliphatic rings. The number of thiophene rings is 1. The Morgan fingerprint density at radius 1 is 1.22 bits per heavy atom. The standard InChI is InChI=1S/C18H20N2OS2/c1-13-11-23-18(20-13)16(9-14-7-8-22-12-14)19-10-15-5-3-4-6-17(15)21-2/h3-8,11-12,16,19H,9-10H2,1-2H3/t16-/m0/s1. The molecule has 0 unspecified atom stereocenters. The fraction of sp³-hybridized carbons (Fsp3) is 0.278. The van der Waals surface area contributed by atoms with Crippen molar-refractivity contribution >= 4 is 22.7 Å². The zero-order valence-corrected chi connectivity index (χ0v) is 14.9. The molecule has 2 aromatic heterocycles. The van der Waals surface area contributed by atoms with Crippen molar-refractivity contribution in [1.82, 2.24) is 10.3 Å². The van der Waals surface area contributed by atoms with Gasteiger partial charge in [0, 0.05) is 23.2 Å². The van der Waals surface area contributed by atoms with Crippen LogP contribution < -0.4 is 10.1 Å². The molecule has 0 bridgehead atoms. The van der Waals surface area contributed by atoms with Crippen molar-refractivity contribution in [2.45, 2.75) is 25.9 Å². The number of para-hydroxylation sites is 1. The predicted molar refractivity (Wildman–Crippen MR) is 97.4 cm³/mol. The first-order chi connectivity index (χ1) is 11.3. The van der Waals surface area contributed by atoms with Crippen LogP contribution in [-0.2, 0) is 13.0 Å². The van der Waals surface area contributed by atoms with E-state index in [0.717, 1.165) is 29.4 Å². The van der Waals surface area contributed by atoms with Gasteiger partial charge in [0.05, 0.1) is 13.2 Å². The summed E-state index contributed by atoms with van der Waals surface area (Å²) >= 11 is 3.46. The first-order valence-corrected chi connectivity index (χ1v) is 9.37. The molecule has 0 aliphatic heterocycles. The quantitative estimate of drug-likeness (QED) is 0.680. The normalized spacial score (nSPS) is 12.3. The second kappa shape index (κ2) is 7.73.